The van der Waals surface area contributed by atoms with E-state index in [2.05, 4.69) is 0 Å². The Balaban J connectivity index is 1.70. The van der Waals surface area contributed by atoms with Gasteiger partial charge in [0, 0.05) is 58.5 Å². The number of ether oxygens (including phenoxy) is 5. The molecular formula is C51H79NO13. The Morgan fingerprint density at radius 1 is 0.862 bits per heavy atom. The number of nitrogens with zero attached hydrogens (tertiary/aromatic N) is 1. The summed E-state index contributed by atoms with van der Waals surface area (Å²) in [7, 11) is 4.53. The van der Waals surface area contributed by atoms with Crippen LogP contribution in [0.3, 0.4) is 0 Å². The topological polar surface area (TPSA) is 195 Å². The van der Waals surface area contributed by atoms with Crippen LogP contribution in [0.1, 0.15) is 126 Å². The second-order valence-electron chi connectivity index (χ2n) is 19.6. The van der Waals surface area contributed by atoms with E-state index in [4.69, 9.17) is 23.7 Å². The largest absolute Gasteiger partial charge is 0.460 e. The molecule has 15 atom stereocenters. The molecule has 366 valence electrons. The monoisotopic (exact) mass is 914 g/mol. The molecule has 2 saturated heterocycles. The highest BCUT2D eigenvalue weighted by molar-refractivity contribution is 6.39. The number of hydrogen-bond donors (Lipinski definition) is 3. The number of Topliss-reactive ketones (excluding diaryl/α,β-unsaturated/α-hetero) is 3. The number of carbonyl (C=O) groups excluding carboxylic acids is 5. The number of aliphatic hydroxyl groups is 3. The number of ketones is 3. The predicted octanol–water partition coefficient (Wildman–Crippen LogP) is 6.18. The van der Waals surface area contributed by atoms with Crippen molar-refractivity contribution in [1.29, 1.82) is 0 Å². The number of amides is 1. The zero-order valence-electron chi connectivity index (χ0n) is 40.6. The van der Waals surface area contributed by atoms with Crippen LogP contribution < -0.4 is 0 Å². The van der Waals surface area contributed by atoms with Crippen molar-refractivity contribution in [2.45, 2.75) is 180 Å². The van der Waals surface area contributed by atoms with E-state index in [-0.39, 0.29) is 54.8 Å². The highest BCUT2D eigenvalue weighted by atomic mass is 16.6. The average Bonchev–Trinajstić information content (AvgIpc) is 3.28. The highest BCUT2D eigenvalue weighted by Crippen LogP contribution is 2.38. The minimum atomic E-state index is -2.43. The molecule has 0 aromatic carbocycles. The van der Waals surface area contributed by atoms with E-state index in [9.17, 15) is 39.3 Å². The van der Waals surface area contributed by atoms with Gasteiger partial charge in [-0.2, -0.15) is 0 Å². The summed E-state index contributed by atoms with van der Waals surface area (Å²) in [5.41, 5.74) is 1.19. The van der Waals surface area contributed by atoms with E-state index in [1.165, 1.54) is 12.0 Å². The number of allylic oxidation sites excluding steroid dienone is 6. The minimum Gasteiger partial charge on any atom is -0.460 e. The van der Waals surface area contributed by atoms with Gasteiger partial charge >= 0.3 is 5.97 Å². The summed E-state index contributed by atoms with van der Waals surface area (Å²) in [6.45, 7) is 12.7. The Bertz CT molecular complexity index is 1760. The molecule has 3 fully saturated rings. The van der Waals surface area contributed by atoms with Gasteiger partial charge in [-0.15, -0.1) is 0 Å². The molecule has 3 aliphatic heterocycles. The van der Waals surface area contributed by atoms with E-state index in [0.717, 1.165) is 12.0 Å². The maximum Gasteiger partial charge on any atom is 0.329 e. The molecule has 14 nitrogen and oxygen atoms in total. The fourth-order valence-corrected chi connectivity index (χ4v) is 10.1. The molecule has 4 rings (SSSR count). The first-order valence-electron chi connectivity index (χ1n) is 23.9. The molecule has 0 spiro atoms. The average molecular weight is 914 g/mol. The molecule has 1 amide bonds. The van der Waals surface area contributed by atoms with Crippen LogP contribution in [0, 0.1) is 35.5 Å². The number of piperidine rings is 1. The molecule has 0 radical (unpaired) electrons. The van der Waals surface area contributed by atoms with Crippen LogP contribution in [0.2, 0.25) is 0 Å². The van der Waals surface area contributed by atoms with Crippen LogP contribution in [0.15, 0.2) is 47.6 Å². The van der Waals surface area contributed by atoms with Crippen molar-refractivity contribution in [3.8, 4) is 0 Å². The first-order chi connectivity index (χ1) is 30.7. The van der Waals surface area contributed by atoms with E-state index >= 15 is 0 Å². The Kier molecular flexibility index (Phi) is 21.0. The molecular weight excluding hydrogens is 835 g/mol. The lowest BCUT2D eigenvalue weighted by atomic mass is 9.78. The van der Waals surface area contributed by atoms with E-state index < -0.39 is 83.9 Å². The van der Waals surface area contributed by atoms with Crippen molar-refractivity contribution in [2.75, 3.05) is 27.9 Å². The number of fused-ring (bicyclic) bond motifs is 3. The van der Waals surface area contributed by atoms with Gasteiger partial charge in [0.05, 0.1) is 30.5 Å². The smallest absolute Gasteiger partial charge is 0.329 e. The van der Waals surface area contributed by atoms with Crippen molar-refractivity contribution in [3.63, 3.8) is 0 Å². The summed E-state index contributed by atoms with van der Waals surface area (Å²) in [5.74, 6) is -7.93. The predicted molar refractivity (Wildman–Crippen MR) is 245 cm³/mol. The molecule has 3 heterocycles. The van der Waals surface area contributed by atoms with Crippen LogP contribution in [-0.2, 0) is 47.7 Å². The van der Waals surface area contributed by atoms with Gasteiger partial charge in [-0.05, 0) is 107 Å². The first kappa shape index (κ1) is 54.2. The second kappa shape index (κ2) is 25.1. The van der Waals surface area contributed by atoms with Crippen molar-refractivity contribution < 1.29 is 63.0 Å². The maximum atomic E-state index is 14.4. The molecule has 14 heteroatoms. The van der Waals surface area contributed by atoms with Crippen molar-refractivity contribution in [3.05, 3.63) is 47.6 Å². The molecule has 1 aliphatic carbocycles. The van der Waals surface area contributed by atoms with E-state index in [1.807, 2.05) is 58.1 Å². The second-order valence-corrected chi connectivity index (χ2v) is 19.6. The summed E-state index contributed by atoms with van der Waals surface area (Å²) in [5, 5.41) is 33.9. The number of esters is 1. The Hall–Kier alpha value is -3.37. The van der Waals surface area contributed by atoms with Gasteiger partial charge in [0.15, 0.2) is 11.6 Å². The number of methoxy groups -OCH3 is 3. The van der Waals surface area contributed by atoms with Crippen molar-refractivity contribution in [2.24, 2.45) is 35.5 Å². The normalized spacial score (nSPS) is 37.8. The summed E-state index contributed by atoms with van der Waals surface area (Å²) in [6.07, 6.45) is 11.2. The van der Waals surface area contributed by atoms with Gasteiger partial charge in [-0.3, -0.25) is 19.2 Å². The molecule has 4 unspecified atom stereocenters. The molecule has 1 saturated carbocycles. The molecule has 3 N–H and O–H groups in total. The van der Waals surface area contributed by atoms with Crippen LogP contribution in [0.5, 0.6) is 0 Å². The lowest BCUT2D eigenvalue weighted by molar-refractivity contribution is -0.265. The number of hydrogen-bond acceptors (Lipinski definition) is 13. The lowest BCUT2D eigenvalue weighted by Gasteiger charge is -2.42. The maximum absolute atomic E-state index is 14.4. The van der Waals surface area contributed by atoms with Crippen LogP contribution >= 0.6 is 0 Å². The summed E-state index contributed by atoms with van der Waals surface area (Å²) in [6, 6.07) is -1.14. The van der Waals surface area contributed by atoms with Gasteiger partial charge in [0.1, 0.15) is 18.2 Å². The van der Waals surface area contributed by atoms with Gasteiger partial charge in [-0.1, -0.05) is 71.1 Å². The van der Waals surface area contributed by atoms with Crippen LogP contribution in [-0.4, -0.2) is 132 Å². The Morgan fingerprint density at radius 2 is 1.58 bits per heavy atom. The van der Waals surface area contributed by atoms with Gasteiger partial charge in [0.25, 0.3) is 11.7 Å². The summed E-state index contributed by atoms with van der Waals surface area (Å²) >= 11 is 0. The van der Waals surface area contributed by atoms with E-state index in [0.29, 0.717) is 63.4 Å². The lowest BCUT2D eigenvalue weighted by Crippen LogP contribution is -2.61. The van der Waals surface area contributed by atoms with Gasteiger partial charge in [0.2, 0.25) is 5.79 Å². The van der Waals surface area contributed by atoms with Crippen LogP contribution in [0.4, 0.5) is 0 Å². The standard InChI is InChI=1S/C51H79NO13/c1-30-16-12-11-13-17-31(2)42(61-8)28-38-21-19-36(7)51(60,65-38)48(57)49(58)52-23-15-14-18-39(52)50(59)64-43(33(4)26-37-20-22-40(53)44(27-37)62-9)29-41(54)32(3)25-35(6)46(56)47(63-10)45(55)34(5)24-30/h11-13,16-17,25,30,33-40,42-44,46-47,53,56,60H,14-15,18-24,26-29H2,1-10H3/t30-,33-,34-,35?,36-,37+,38+,39?,40-,42?,43+,44-,46?,47+,51-/m1/s1. The summed E-state index contributed by atoms with van der Waals surface area (Å²) < 4.78 is 29.4. The third kappa shape index (κ3) is 14.3. The quantitative estimate of drug-likeness (QED) is 0.202. The number of cyclic esters (lactones) is 1. The Labute approximate surface area is 387 Å². The third-order valence-electron chi connectivity index (χ3n) is 14.5. The Morgan fingerprint density at radius 3 is 2.26 bits per heavy atom. The zero-order chi connectivity index (χ0) is 48.2. The summed E-state index contributed by atoms with van der Waals surface area (Å²) in [4.78, 5) is 71.7. The van der Waals surface area contributed by atoms with Gasteiger partial charge in [-0.25, -0.2) is 4.79 Å². The molecule has 4 aliphatic rings. The first-order valence-corrected chi connectivity index (χ1v) is 23.9. The fraction of sp³-hybridized carbons (Fsp3) is 0.745. The molecule has 65 heavy (non-hydrogen) atoms. The fourth-order valence-electron chi connectivity index (χ4n) is 10.1. The molecule has 2 bridgehead atoms. The SMILES string of the molecule is COC1C[C@@H]2CC[C@@H](C)[C@@](O)(O2)C(=O)C(=O)N2CCCCC2C(=O)O[C@H]([C@H](C)C[C@@H]2CC[C@@H](O)[C@H](OC)C2)CC(=O)C(C)=CC(C)C(O)[C@@H](OC)C(=O)[C@H](C)C[C@H](C)C=CC=CC=C1C. The zero-order valence-corrected chi connectivity index (χ0v) is 40.6. The van der Waals surface area contributed by atoms with Crippen LogP contribution in [0.25, 0.3) is 0 Å². The highest BCUT2D eigenvalue weighted by Gasteiger charge is 2.53. The number of carbonyl (C=O) groups is 5. The number of rotatable bonds is 6. The van der Waals surface area contributed by atoms with Gasteiger partial charge < -0.3 is 43.9 Å². The van der Waals surface area contributed by atoms with E-state index in [1.54, 1.807) is 41.1 Å². The molecule has 0 aromatic heterocycles. The van der Waals surface area contributed by atoms with Crippen molar-refractivity contribution >= 4 is 29.2 Å². The molecule has 0 aromatic rings. The third-order valence-corrected chi connectivity index (χ3v) is 14.5. The van der Waals surface area contributed by atoms with Crippen molar-refractivity contribution in [1.82, 2.24) is 4.90 Å². The number of aliphatic hydroxyl groups excluding tert-OH is 2. The minimum absolute atomic E-state index is 0.0220.